The molecule has 32 heavy (non-hydrogen) atoms. The predicted molar refractivity (Wildman–Crippen MR) is 107 cm³/mol. The second kappa shape index (κ2) is 9.31. The van der Waals surface area contributed by atoms with Gasteiger partial charge in [-0.25, -0.2) is 9.37 Å². The van der Waals surface area contributed by atoms with E-state index in [1.54, 1.807) is 23.1 Å². The Morgan fingerprint density at radius 3 is 2.84 bits per heavy atom. The second-order valence-electron chi connectivity index (χ2n) is 6.70. The van der Waals surface area contributed by atoms with Gasteiger partial charge in [-0.1, -0.05) is 17.3 Å². The third-order valence-corrected chi connectivity index (χ3v) is 4.69. The summed E-state index contributed by atoms with van der Waals surface area (Å²) >= 11 is 0. The van der Waals surface area contributed by atoms with Crippen molar-refractivity contribution in [2.24, 2.45) is 0 Å². The van der Waals surface area contributed by atoms with E-state index in [4.69, 9.17) is 19.1 Å². The summed E-state index contributed by atoms with van der Waals surface area (Å²) in [6, 6.07) is 11.3. The van der Waals surface area contributed by atoms with Gasteiger partial charge in [0, 0.05) is 17.7 Å². The van der Waals surface area contributed by atoms with Gasteiger partial charge in [0.25, 0.3) is 12.4 Å². The van der Waals surface area contributed by atoms with E-state index in [1.807, 2.05) is 12.1 Å². The van der Waals surface area contributed by atoms with Crippen molar-refractivity contribution in [1.29, 1.82) is 0 Å². The van der Waals surface area contributed by atoms with Gasteiger partial charge in [-0.2, -0.15) is 5.21 Å². The highest BCUT2D eigenvalue weighted by Crippen LogP contribution is 2.27. The van der Waals surface area contributed by atoms with E-state index < -0.39 is 11.9 Å². The standard InChI is InChI=1S/C19H15FN6O3.CH2O2/c20-13-8-11(18-21-14-3-1-2-4-15(14)29-18)7-12(9-13)19(27)26-5-6-28-16(10-26)17-22-24-25-23-17;2-1-3/h1-4,7-9,16H,5-6,10H2,(H,22,23,24,25);1H,(H,2,3). The number of amides is 1. The lowest BCUT2D eigenvalue weighted by atomic mass is 10.1. The third kappa shape index (κ3) is 4.44. The summed E-state index contributed by atoms with van der Waals surface area (Å²) in [6.07, 6.45) is -0.489. The molecule has 0 spiro atoms. The number of H-pyrrole nitrogens is 1. The minimum absolute atomic E-state index is 0.205. The molecule has 2 aromatic carbocycles. The molecule has 11 nitrogen and oxygen atoms in total. The first-order valence-corrected chi connectivity index (χ1v) is 9.47. The van der Waals surface area contributed by atoms with Crippen LogP contribution in [0.1, 0.15) is 22.3 Å². The van der Waals surface area contributed by atoms with E-state index in [-0.39, 0.29) is 30.4 Å². The van der Waals surface area contributed by atoms with E-state index in [0.717, 1.165) is 0 Å². The number of aromatic amines is 1. The number of morpholine rings is 1. The summed E-state index contributed by atoms with van der Waals surface area (Å²) in [7, 11) is 0. The molecule has 4 aromatic rings. The molecule has 1 saturated heterocycles. The molecule has 1 unspecified atom stereocenters. The van der Waals surface area contributed by atoms with Gasteiger partial charge in [0.1, 0.15) is 17.4 Å². The maximum atomic E-state index is 14.3. The number of rotatable bonds is 3. The lowest BCUT2D eigenvalue weighted by Crippen LogP contribution is -2.42. The fourth-order valence-corrected chi connectivity index (χ4v) is 3.31. The fraction of sp³-hybridized carbons (Fsp3) is 0.200. The van der Waals surface area contributed by atoms with Gasteiger partial charge in [-0.3, -0.25) is 9.59 Å². The molecule has 1 fully saturated rings. The van der Waals surface area contributed by atoms with Crippen molar-refractivity contribution in [3.05, 3.63) is 59.7 Å². The van der Waals surface area contributed by atoms with Crippen LogP contribution in [0.15, 0.2) is 46.9 Å². The van der Waals surface area contributed by atoms with Crippen LogP contribution in [0.2, 0.25) is 0 Å². The van der Waals surface area contributed by atoms with Crippen molar-refractivity contribution in [2.45, 2.75) is 6.10 Å². The molecular formula is C20H17FN6O5. The Morgan fingerprint density at radius 2 is 2.09 bits per heavy atom. The number of hydrogen-bond acceptors (Lipinski definition) is 8. The zero-order valence-electron chi connectivity index (χ0n) is 16.5. The van der Waals surface area contributed by atoms with Crippen molar-refractivity contribution in [3.8, 4) is 11.5 Å². The summed E-state index contributed by atoms with van der Waals surface area (Å²) in [4.78, 5) is 27.3. The number of nitrogens with zero attached hydrogens (tertiary/aromatic N) is 5. The van der Waals surface area contributed by atoms with Crippen LogP contribution in [0.4, 0.5) is 4.39 Å². The highest BCUT2D eigenvalue weighted by Gasteiger charge is 2.29. The number of nitrogens with one attached hydrogen (secondary N) is 1. The topological polar surface area (TPSA) is 147 Å². The Kier molecular flexibility index (Phi) is 6.12. The minimum atomic E-state index is -0.545. The molecule has 0 radical (unpaired) electrons. The number of halogens is 1. The lowest BCUT2D eigenvalue weighted by molar-refractivity contribution is -0.122. The molecular weight excluding hydrogens is 423 g/mol. The first kappa shape index (κ1) is 21.1. The Hall–Kier alpha value is -4.19. The van der Waals surface area contributed by atoms with Crippen LogP contribution in [0.3, 0.4) is 0 Å². The smallest absolute Gasteiger partial charge is 0.290 e. The van der Waals surface area contributed by atoms with Crippen LogP contribution < -0.4 is 0 Å². The molecule has 1 atom stereocenters. The molecule has 2 aromatic heterocycles. The Labute approximate surface area is 179 Å². The molecule has 5 rings (SSSR count). The quantitative estimate of drug-likeness (QED) is 0.457. The van der Waals surface area contributed by atoms with E-state index in [2.05, 4.69) is 25.6 Å². The number of hydrogen-bond donors (Lipinski definition) is 2. The minimum Gasteiger partial charge on any atom is -0.483 e. The van der Waals surface area contributed by atoms with Gasteiger partial charge in [0.05, 0.1) is 13.2 Å². The number of oxazole rings is 1. The van der Waals surface area contributed by atoms with Crippen LogP contribution >= 0.6 is 0 Å². The number of carbonyl (C=O) groups is 2. The highest BCUT2D eigenvalue weighted by molar-refractivity contribution is 5.95. The van der Waals surface area contributed by atoms with Gasteiger partial charge in [0.15, 0.2) is 5.58 Å². The second-order valence-corrected chi connectivity index (χ2v) is 6.70. The van der Waals surface area contributed by atoms with Crippen molar-refractivity contribution in [1.82, 2.24) is 30.5 Å². The Balaban J connectivity index is 0.000000775. The molecule has 1 amide bonds. The highest BCUT2D eigenvalue weighted by atomic mass is 19.1. The first-order chi connectivity index (χ1) is 15.6. The fourth-order valence-electron chi connectivity index (χ4n) is 3.31. The van der Waals surface area contributed by atoms with Crippen LogP contribution in [-0.2, 0) is 9.53 Å². The monoisotopic (exact) mass is 440 g/mol. The largest absolute Gasteiger partial charge is 0.483 e. The van der Waals surface area contributed by atoms with E-state index in [1.165, 1.54) is 12.1 Å². The van der Waals surface area contributed by atoms with Crippen molar-refractivity contribution < 1.29 is 28.2 Å². The maximum absolute atomic E-state index is 14.3. The molecule has 1 aliphatic heterocycles. The van der Waals surface area contributed by atoms with Crippen molar-refractivity contribution in [2.75, 3.05) is 19.7 Å². The molecule has 12 heteroatoms. The number of benzene rings is 2. The van der Waals surface area contributed by atoms with E-state index in [9.17, 15) is 9.18 Å². The molecule has 3 heterocycles. The van der Waals surface area contributed by atoms with Gasteiger partial charge in [0.2, 0.25) is 11.7 Å². The first-order valence-electron chi connectivity index (χ1n) is 9.47. The van der Waals surface area contributed by atoms with Gasteiger partial charge < -0.3 is 19.2 Å². The van der Waals surface area contributed by atoms with E-state index in [0.29, 0.717) is 35.6 Å². The Bertz CT molecular complexity index is 1200. The zero-order chi connectivity index (χ0) is 22.5. The van der Waals surface area contributed by atoms with Crippen LogP contribution in [0.5, 0.6) is 0 Å². The summed E-state index contributed by atoms with van der Waals surface area (Å²) in [6.45, 7) is 0.688. The number of carbonyl (C=O) groups excluding carboxylic acids is 1. The number of para-hydroxylation sites is 2. The molecule has 1 aliphatic rings. The van der Waals surface area contributed by atoms with Gasteiger partial charge in [-0.05, 0) is 30.3 Å². The Morgan fingerprint density at radius 1 is 1.28 bits per heavy atom. The maximum Gasteiger partial charge on any atom is 0.290 e. The number of carboxylic acid groups (broad SMARTS) is 1. The predicted octanol–water partition coefficient (Wildman–Crippen LogP) is 2.06. The SMILES string of the molecule is O=C(c1cc(F)cc(-c2nc3ccccc3o2)c1)N1CCOC(c2nn[nH]n2)C1.O=CO. The average Bonchev–Trinajstić information content (AvgIpc) is 3.49. The summed E-state index contributed by atoms with van der Waals surface area (Å²) in [5, 5.41) is 20.6. The summed E-state index contributed by atoms with van der Waals surface area (Å²) in [5.74, 6) is -0.241. The number of ether oxygens (including phenoxy) is 1. The van der Waals surface area contributed by atoms with Crippen LogP contribution in [-0.4, -0.2) is 67.7 Å². The average molecular weight is 440 g/mol. The molecule has 0 bridgehead atoms. The summed E-state index contributed by atoms with van der Waals surface area (Å²) < 4.78 is 25.6. The molecule has 0 aliphatic carbocycles. The number of aromatic nitrogens is 5. The van der Waals surface area contributed by atoms with E-state index >= 15 is 0 Å². The summed E-state index contributed by atoms with van der Waals surface area (Å²) in [5.41, 5.74) is 1.86. The zero-order valence-corrected chi connectivity index (χ0v) is 16.5. The molecule has 2 N–H and O–H groups in total. The number of fused-ring (bicyclic) bond motifs is 1. The molecule has 164 valence electrons. The normalized spacial score (nSPS) is 15.8. The third-order valence-electron chi connectivity index (χ3n) is 4.69. The van der Waals surface area contributed by atoms with Crippen molar-refractivity contribution >= 4 is 23.5 Å². The lowest BCUT2D eigenvalue weighted by Gasteiger charge is -2.31. The van der Waals surface area contributed by atoms with Crippen LogP contribution in [0, 0.1) is 5.82 Å². The van der Waals surface area contributed by atoms with Crippen LogP contribution in [0.25, 0.3) is 22.6 Å². The number of tetrazole rings is 1. The van der Waals surface area contributed by atoms with Crippen molar-refractivity contribution in [3.63, 3.8) is 0 Å². The van der Waals surface area contributed by atoms with Gasteiger partial charge >= 0.3 is 0 Å². The van der Waals surface area contributed by atoms with Gasteiger partial charge in [-0.15, -0.1) is 10.2 Å². The molecule has 0 saturated carbocycles.